The van der Waals surface area contributed by atoms with Crippen LogP contribution in [0.1, 0.15) is 31.2 Å². The van der Waals surface area contributed by atoms with Gasteiger partial charge in [-0.2, -0.15) is 0 Å². The predicted octanol–water partition coefficient (Wildman–Crippen LogP) is 3.51. The van der Waals surface area contributed by atoms with Gasteiger partial charge in [-0.25, -0.2) is 4.79 Å². The second kappa shape index (κ2) is 12.9. The number of anilines is 1. The van der Waals surface area contributed by atoms with Crippen molar-refractivity contribution in [1.82, 2.24) is 20.4 Å². The number of fused-ring (bicyclic) bond motifs is 1. The van der Waals surface area contributed by atoms with Crippen LogP contribution in [0.3, 0.4) is 0 Å². The maximum Gasteiger partial charge on any atom is 0.324 e. The lowest BCUT2D eigenvalue weighted by molar-refractivity contribution is -0.139. The third-order valence-corrected chi connectivity index (χ3v) is 8.59. The number of hydrogen-bond acceptors (Lipinski definition) is 6. The molecule has 2 heterocycles. The predicted molar refractivity (Wildman–Crippen MR) is 154 cm³/mol. The van der Waals surface area contributed by atoms with Gasteiger partial charge in [0, 0.05) is 55.4 Å². The van der Waals surface area contributed by atoms with Crippen molar-refractivity contribution in [3.8, 4) is 5.75 Å². The molecule has 0 bridgehead atoms. The molecule has 3 unspecified atom stereocenters. The van der Waals surface area contributed by atoms with E-state index in [-0.39, 0.29) is 36.2 Å². The number of piperazine rings is 1. The summed E-state index contributed by atoms with van der Waals surface area (Å²) < 4.78 is 5.18. The van der Waals surface area contributed by atoms with Gasteiger partial charge in [-0.15, -0.1) is 0 Å². The Hall–Kier alpha value is -3.30. The van der Waals surface area contributed by atoms with Crippen LogP contribution >= 0.6 is 11.6 Å². The number of nitrogens with one attached hydrogen (secondary N) is 2. The summed E-state index contributed by atoms with van der Waals surface area (Å²) >= 11 is 6.14. The van der Waals surface area contributed by atoms with Crippen LogP contribution in [0.5, 0.6) is 5.75 Å². The number of urea groups is 1. The van der Waals surface area contributed by atoms with Crippen LogP contribution in [0.4, 0.5) is 10.5 Å². The summed E-state index contributed by atoms with van der Waals surface area (Å²) in [5.41, 5.74) is 2.02. The zero-order valence-corrected chi connectivity index (χ0v) is 23.7. The number of methoxy groups -OCH3 is 1. The zero-order valence-electron chi connectivity index (χ0n) is 23.0. The molecule has 214 valence electrons. The van der Waals surface area contributed by atoms with E-state index in [0.29, 0.717) is 25.8 Å². The highest BCUT2D eigenvalue weighted by atomic mass is 35.5. The van der Waals surface area contributed by atoms with Crippen molar-refractivity contribution >= 4 is 35.1 Å². The lowest BCUT2D eigenvalue weighted by atomic mass is 9.76. The van der Waals surface area contributed by atoms with E-state index in [9.17, 15) is 14.4 Å². The molecule has 3 fully saturated rings. The van der Waals surface area contributed by atoms with E-state index in [1.54, 1.807) is 7.11 Å². The fraction of sp³-hybridized carbons (Fsp3) is 0.500. The number of amides is 4. The Kier molecular flexibility index (Phi) is 9.11. The topological polar surface area (TPSA) is 94.2 Å². The highest BCUT2D eigenvalue weighted by molar-refractivity contribution is 6.30. The van der Waals surface area contributed by atoms with E-state index in [2.05, 4.69) is 26.5 Å². The van der Waals surface area contributed by atoms with Crippen LogP contribution in [0.2, 0.25) is 5.02 Å². The van der Waals surface area contributed by atoms with Crippen molar-refractivity contribution in [3.63, 3.8) is 0 Å². The normalized spacial score (nSPS) is 23.4. The van der Waals surface area contributed by atoms with Crippen LogP contribution < -0.4 is 20.3 Å². The van der Waals surface area contributed by atoms with Gasteiger partial charge in [0.1, 0.15) is 5.75 Å². The minimum atomic E-state index is -0.390. The summed E-state index contributed by atoms with van der Waals surface area (Å²) in [4.78, 5) is 45.0. The third-order valence-electron chi connectivity index (χ3n) is 8.35. The average Bonchev–Trinajstić information content (AvgIpc) is 2.97. The van der Waals surface area contributed by atoms with Crippen molar-refractivity contribution in [3.05, 3.63) is 59.1 Å². The van der Waals surface area contributed by atoms with Gasteiger partial charge in [0.05, 0.1) is 19.6 Å². The van der Waals surface area contributed by atoms with Crippen LogP contribution in [-0.2, 0) is 16.1 Å². The molecule has 2 aromatic carbocycles. The molecular weight excluding hydrogens is 530 g/mol. The molecule has 1 saturated carbocycles. The number of benzene rings is 2. The fourth-order valence-electron chi connectivity index (χ4n) is 6.02. The molecule has 0 spiro atoms. The molecule has 2 N–H and O–H groups in total. The molecule has 2 aliphatic heterocycles. The Balaban J connectivity index is 1.02. The van der Waals surface area contributed by atoms with E-state index in [0.717, 1.165) is 61.2 Å². The number of hydrogen-bond donors (Lipinski definition) is 2. The third kappa shape index (κ3) is 6.70. The molecule has 1 aliphatic carbocycles. The van der Waals surface area contributed by atoms with Crippen molar-refractivity contribution in [2.75, 3.05) is 51.3 Å². The molecule has 2 aromatic rings. The molecule has 40 heavy (non-hydrogen) atoms. The van der Waals surface area contributed by atoms with Gasteiger partial charge in [0.25, 0.3) is 0 Å². The Morgan fingerprint density at radius 2 is 1.85 bits per heavy atom. The first-order chi connectivity index (χ1) is 19.4. The first-order valence-corrected chi connectivity index (χ1v) is 14.5. The quantitative estimate of drug-likeness (QED) is 0.450. The Morgan fingerprint density at radius 1 is 1.07 bits per heavy atom. The van der Waals surface area contributed by atoms with Gasteiger partial charge in [-0.1, -0.05) is 29.8 Å². The van der Waals surface area contributed by atoms with E-state index >= 15 is 0 Å². The van der Waals surface area contributed by atoms with Crippen molar-refractivity contribution in [2.24, 2.45) is 11.8 Å². The van der Waals surface area contributed by atoms with Gasteiger partial charge in [-0.3, -0.25) is 19.4 Å². The molecule has 0 aromatic heterocycles. The van der Waals surface area contributed by atoms with Crippen LogP contribution in [-0.4, -0.2) is 80.1 Å². The number of ether oxygens (including phenoxy) is 1. The SMILES string of the molecule is COc1ccc(CN2C(=O)NC3CC(C(=O)NCCCN4CCN(c5cccc(Cl)c5)CC4)CCC3C2=O)cc1. The van der Waals surface area contributed by atoms with Crippen LogP contribution in [0.15, 0.2) is 48.5 Å². The highest BCUT2D eigenvalue weighted by Gasteiger charge is 2.45. The summed E-state index contributed by atoms with van der Waals surface area (Å²) in [6, 6.07) is 14.6. The molecule has 0 radical (unpaired) electrons. The second-order valence-electron chi connectivity index (χ2n) is 10.9. The number of halogens is 1. The molecule has 9 nitrogen and oxygen atoms in total. The standard InChI is InChI=1S/C30H38ClN5O4/c1-40-25-9-6-21(7-10-25)20-36-29(38)26-11-8-22(18-27(26)33-30(36)39)28(37)32-12-3-13-34-14-16-35(17-15-34)24-5-2-4-23(31)19-24/h2,4-7,9-10,19,22,26-27H,3,8,11-18,20H2,1H3,(H,32,37)(H,33,39). The molecule has 4 amide bonds. The summed E-state index contributed by atoms with van der Waals surface area (Å²) in [6.45, 7) is 5.66. The Bertz CT molecular complexity index is 1200. The van der Waals surface area contributed by atoms with Crippen LogP contribution in [0, 0.1) is 11.8 Å². The molecule has 5 rings (SSSR count). The highest BCUT2D eigenvalue weighted by Crippen LogP contribution is 2.33. The molecule has 3 aliphatic rings. The zero-order chi connectivity index (χ0) is 28.1. The van der Waals surface area contributed by atoms with Gasteiger partial charge in [0.2, 0.25) is 11.8 Å². The maximum atomic E-state index is 13.2. The van der Waals surface area contributed by atoms with E-state index < -0.39 is 6.03 Å². The Labute approximate surface area is 240 Å². The Morgan fingerprint density at radius 3 is 2.58 bits per heavy atom. The summed E-state index contributed by atoms with van der Waals surface area (Å²) in [6.07, 6.45) is 2.63. The number of nitrogens with zero attached hydrogens (tertiary/aromatic N) is 3. The van der Waals surface area contributed by atoms with Crippen molar-refractivity contribution in [2.45, 2.75) is 38.3 Å². The first-order valence-electron chi connectivity index (χ1n) is 14.2. The first kappa shape index (κ1) is 28.2. The number of carbonyl (C=O) groups excluding carboxylic acids is 3. The van der Waals surface area contributed by atoms with Crippen LogP contribution in [0.25, 0.3) is 0 Å². The molecule has 2 saturated heterocycles. The van der Waals surface area contributed by atoms with Gasteiger partial charge < -0.3 is 20.3 Å². The fourth-order valence-corrected chi connectivity index (χ4v) is 6.21. The minimum Gasteiger partial charge on any atom is -0.497 e. The maximum absolute atomic E-state index is 13.2. The average molecular weight is 568 g/mol. The smallest absolute Gasteiger partial charge is 0.324 e. The van der Waals surface area contributed by atoms with Crippen molar-refractivity contribution in [1.29, 1.82) is 0 Å². The van der Waals surface area contributed by atoms with Gasteiger partial charge in [-0.05, 0) is 68.1 Å². The van der Waals surface area contributed by atoms with Gasteiger partial charge >= 0.3 is 6.03 Å². The second-order valence-corrected chi connectivity index (χ2v) is 11.3. The lowest BCUT2D eigenvalue weighted by Gasteiger charge is -2.42. The molecule has 10 heteroatoms. The van der Waals surface area contributed by atoms with E-state index in [1.165, 1.54) is 4.90 Å². The largest absolute Gasteiger partial charge is 0.497 e. The van der Waals surface area contributed by atoms with Gasteiger partial charge in [0.15, 0.2) is 0 Å². The summed E-state index contributed by atoms with van der Waals surface area (Å²) in [7, 11) is 1.60. The van der Waals surface area contributed by atoms with E-state index in [1.807, 2.05) is 42.5 Å². The number of rotatable bonds is 9. The molecule has 3 atom stereocenters. The number of carbonyl (C=O) groups is 3. The van der Waals surface area contributed by atoms with Crippen molar-refractivity contribution < 1.29 is 19.1 Å². The monoisotopic (exact) mass is 567 g/mol. The molecular formula is C30H38ClN5O4. The summed E-state index contributed by atoms with van der Waals surface area (Å²) in [5.74, 6) is 0.113. The summed E-state index contributed by atoms with van der Waals surface area (Å²) in [5, 5.41) is 6.85. The van der Waals surface area contributed by atoms with E-state index in [4.69, 9.17) is 16.3 Å². The number of imide groups is 1. The minimum absolute atomic E-state index is 0.0200. The lowest BCUT2D eigenvalue weighted by Crippen LogP contribution is -2.61.